The largest absolute Gasteiger partial charge is 0.385 e. The van der Waals surface area contributed by atoms with Gasteiger partial charge in [-0.25, -0.2) is 0 Å². The average molecular weight is 216 g/mol. The second-order valence-corrected chi connectivity index (χ2v) is 3.88. The third-order valence-corrected chi connectivity index (χ3v) is 2.58. The summed E-state index contributed by atoms with van der Waals surface area (Å²) in [6.07, 6.45) is 4.12. The monoisotopic (exact) mass is 216 g/mol. The zero-order valence-corrected chi connectivity index (χ0v) is 10.7. The number of nitrogens with one attached hydrogen (secondary N) is 1. The highest BCUT2D eigenvalue weighted by Gasteiger charge is 2.07. The molecule has 0 saturated carbocycles. The Morgan fingerprint density at radius 2 is 1.73 bits per heavy atom. The zero-order chi connectivity index (χ0) is 11.4. The van der Waals surface area contributed by atoms with Crippen LogP contribution in [0.3, 0.4) is 0 Å². The average Bonchev–Trinajstić information content (AvgIpc) is 2.31. The van der Waals surface area contributed by atoms with E-state index in [4.69, 9.17) is 0 Å². The molecule has 0 aromatic carbocycles. The maximum Gasteiger partial charge on any atom is 0.0433 e. The van der Waals surface area contributed by atoms with Crippen molar-refractivity contribution >= 4 is 0 Å². The van der Waals surface area contributed by atoms with Gasteiger partial charge in [0.1, 0.15) is 0 Å². The first-order valence-electron chi connectivity index (χ1n) is 6.27. The van der Waals surface area contributed by atoms with Crippen LogP contribution in [0.15, 0.2) is 0 Å². The summed E-state index contributed by atoms with van der Waals surface area (Å²) in [5.74, 6) is 0. The molecule has 0 aromatic heterocycles. The molecule has 0 unspecified atom stereocenters. The van der Waals surface area contributed by atoms with E-state index < -0.39 is 0 Å². The van der Waals surface area contributed by atoms with Gasteiger partial charge < -0.3 is 15.0 Å². The number of nitrogens with zero attached hydrogens (tertiary/aromatic N) is 1. The van der Waals surface area contributed by atoms with E-state index in [0.717, 1.165) is 6.61 Å². The van der Waals surface area contributed by atoms with Crippen molar-refractivity contribution in [2.24, 2.45) is 0 Å². The van der Waals surface area contributed by atoms with Gasteiger partial charge in [-0.15, -0.1) is 0 Å². The number of hydrogen-bond donors (Lipinski definition) is 1. The SMILES string of the molecule is CCCCCN1CCNCC1.CCOC. The highest BCUT2D eigenvalue weighted by Crippen LogP contribution is 1.98. The highest BCUT2D eigenvalue weighted by molar-refractivity contribution is 4.66. The summed E-state index contributed by atoms with van der Waals surface area (Å²) in [5, 5.41) is 3.36. The Labute approximate surface area is 95.2 Å². The van der Waals surface area contributed by atoms with Gasteiger partial charge in [0.2, 0.25) is 0 Å². The summed E-state index contributed by atoms with van der Waals surface area (Å²) in [4.78, 5) is 2.56. The van der Waals surface area contributed by atoms with Crippen LogP contribution in [0.1, 0.15) is 33.1 Å². The molecular weight excluding hydrogens is 188 g/mol. The molecule has 0 atom stereocenters. The second-order valence-electron chi connectivity index (χ2n) is 3.88. The van der Waals surface area contributed by atoms with Crippen molar-refractivity contribution in [3.8, 4) is 0 Å². The van der Waals surface area contributed by atoms with E-state index in [1.54, 1.807) is 7.11 Å². The van der Waals surface area contributed by atoms with E-state index in [9.17, 15) is 0 Å². The van der Waals surface area contributed by atoms with Gasteiger partial charge in [-0.2, -0.15) is 0 Å². The van der Waals surface area contributed by atoms with Crippen LogP contribution in [-0.4, -0.2) is 51.3 Å². The number of hydrogen-bond acceptors (Lipinski definition) is 3. The lowest BCUT2D eigenvalue weighted by Gasteiger charge is -2.26. The van der Waals surface area contributed by atoms with Gasteiger partial charge >= 0.3 is 0 Å². The molecule has 1 aliphatic rings. The molecule has 3 heteroatoms. The fraction of sp³-hybridized carbons (Fsp3) is 1.00. The quantitative estimate of drug-likeness (QED) is 0.708. The van der Waals surface area contributed by atoms with Crippen LogP contribution in [0.25, 0.3) is 0 Å². The summed E-state index contributed by atoms with van der Waals surface area (Å²) in [7, 11) is 1.68. The lowest BCUT2D eigenvalue weighted by Crippen LogP contribution is -2.43. The topological polar surface area (TPSA) is 24.5 Å². The third kappa shape index (κ3) is 10.2. The first-order chi connectivity index (χ1) is 7.35. The number of unbranched alkanes of at least 4 members (excludes halogenated alkanes) is 2. The van der Waals surface area contributed by atoms with Gasteiger partial charge in [-0.3, -0.25) is 0 Å². The molecule has 0 aliphatic carbocycles. The molecule has 0 amide bonds. The van der Waals surface area contributed by atoms with Crippen LogP contribution >= 0.6 is 0 Å². The predicted molar refractivity (Wildman–Crippen MR) is 66.4 cm³/mol. The second kappa shape index (κ2) is 12.0. The van der Waals surface area contributed by atoms with Crippen molar-refractivity contribution in [2.75, 3.05) is 46.4 Å². The highest BCUT2D eigenvalue weighted by atomic mass is 16.5. The fourth-order valence-electron chi connectivity index (χ4n) is 1.52. The van der Waals surface area contributed by atoms with Gasteiger partial charge in [0, 0.05) is 39.9 Å². The Balaban J connectivity index is 0.000000423. The molecule has 3 nitrogen and oxygen atoms in total. The smallest absolute Gasteiger partial charge is 0.0433 e. The van der Waals surface area contributed by atoms with Crippen molar-refractivity contribution in [1.29, 1.82) is 0 Å². The lowest BCUT2D eigenvalue weighted by molar-refractivity contribution is 0.215. The van der Waals surface area contributed by atoms with Gasteiger partial charge in [-0.1, -0.05) is 19.8 Å². The minimum absolute atomic E-state index is 0.819. The molecular formula is C12H28N2O. The summed E-state index contributed by atoms with van der Waals surface area (Å²) in [6, 6.07) is 0. The number of methoxy groups -OCH3 is 1. The summed E-state index contributed by atoms with van der Waals surface area (Å²) >= 11 is 0. The van der Waals surface area contributed by atoms with Gasteiger partial charge in [0.15, 0.2) is 0 Å². The third-order valence-electron chi connectivity index (χ3n) is 2.58. The molecule has 1 saturated heterocycles. The Bertz CT molecular complexity index is 112. The van der Waals surface area contributed by atoms with E-state index >= 15 is 0 Å². The minimum Gasteiger partial charge on any atom is -0.385 e. The summed E-state index contributed by atoms with van der Waals surface area (Å²) < 4.78 is 4.54. The van der Waals surface area contributed by atoms with Crippen LogP contribution in [0.5, 0.6) is 0 Å². The summed E-state index contributed by atoms with van der Waals surface area (Å²) in [6.45, 7) is 11.2. The van der Waals surface area contributed by atoms with Crippen LogP contribution < -0.4 is 5.32 Å². The molecule has 0 radical (unpaired) electrons. The van der Waals surface area contributed by atoms with Gasteiger partial charge in [0.05, 0.1) is 0 Å². The van der Waals surface area contributed by atoms with Crippen molar-refractivity contribution < 1.29 is 4.74 Å². The molecule has 1 aliphatic heterocycles. The first kappa shape index (κ1) is 14.9. The van der Waals surface area contributed by atoms with E-state index in [1.165, 1.54) is 52.0 Å². The Hall–Kier alpha value is -0.120. The van der Waals surface area contributed by atoms with Crippen molar-refractivity contribution in [1.82, 2.24) is 10.2 Å². The van der Waals surface area contributed by atoms with Crippen LogP contribution in [-0.2, 0) is 4.74 Å². The normalized spacial score (nSPS) is 17.0. The van der Waals surface area contributed by atoms with Crippen molar-refractivity contribution in [3.05, 3.63) is 0 Å². The molecule has 1 heterocycles. The van der Waals surface area contributed by atoms with Crippen molar-refractivity contribution in [3.63, 3.8) is 0 Å². The standard InChI is InChI=1S/C9H20N2.C3H8O/c1-2-3-4-7-11-8-5-10-6-9-11;1-3-4-2/h10H,2-9H2,1H3;3H2,1-2H3. The molecule has 0 spiro atoms. The molecule has 1 fully saturated rings. The molecule has 1 rings (SSSR count). The van der Waals surface area contributed by atoms with E-state index in [1.807, 2.05) is 6.92 Å². The van der Waals surface area contributed by atoms with Crippen LogP contribution in [0.2, 0.25) is 0 Å². The number of ether oxygens (including phenoxy) is 1. The lowest BCUT2D eigenvalue weighted by atomic mass is 10.2. The molecule has 15 heavy (non-hydrogen) atoms. The molecule has 0 aromatic rings. The maximum atomic E-state index is 4.54. The minimum atomic E-state index is 0.819. The first-order valence-corrected chi connectivity index (χ1v) is 6.27. The Morgan fingerprint density at radius 3 is 2.20 bits per heavy atom. The predicted octanol–water partition coefficient (Wildman–Crippen LogP) is 1.73. The Kier molecular flexibility index (Phi) is 11.9. The number of rotatable bonds is 5. The Morgan fingerprint density at radius 1 is 1.13 bits per heavy atom. The summed E-state index contributed by atoms with van der Waals surface area (Å²) in [5.41, 5.74) is 0. The van der Waals surface area contributed by atoms with Crippen molar-refractivity contribution in [2.45, 2.75) is 33.1 Å². The molecule has 0 bridgehead atoms. The molecule has 1 N–H and O–H groups in total. The van der Waals surface area contributed by atoms with Crippen LogP contribution in [0, 0.1) is 0 Å². The maximum absolute atomic E-state index is 4.54. The van der Waals surface area contributed by atoms with E-state index in [2.05, 4.69) is 21.9 Å². The van der Waals surface area contributed by atoms with Gasteiger partial charge in [-0.05, 0) is 19.9 Å². The van der Waals surface area contributed by atoms with E-state index in [0.29, 0.717) is 0 Å². The molecule has 92 valence electrons. The van der Waals surface area contributed by atoms with E-state index in [-0.39, 0.29) is 0 Å². The van der Waals surface area contributed by atoms with Crippen LogP contribution in [0.4, 0.5) is 0 Å². The van der Waals surface area contributed by atoms with Gasteiger partial charge in [0.25, 0.3) is 0 Å². The number of piperazine rings is 1. The fourth-order valence-corrected chi connectivity index (χ4v) is 1.52. The zero-order valence-electron chi connectivity index (χ0n) is 10.7.